The Kier molecular flexibility index (Phi) is 6.72. The number of carboxylic acid groups (broad SMARTS) is 1. The number of benzene rings is 2. The Balaban J connectivity index is 1.42. The minimum atomic E-state index is -0.956. The van der Waals surface area contributed by atoms with E-state index in [1.54, 1.807) is 38.2 Å². The molecule has 37 heavy (non-hydrogen) atoms. The summed E-state index contributed by atoms with van der Waals surface area (Å²) in [6.45, 7) is 3.44. The first-order chi connectivity index (χ1) is 17.7. The fourth-order valence-corrected chi connectivity index (χ4v) is 5.21. The Morgan fingerprint density at radius 1 is 1.14 bits per heavy atom. The lowest BCUT2D eigenvalue weighted by Gasteiger charge is -2.24. The van der Waals surface area contributed by atoms with Gasteiger partial charge in [-0.1, -0.05) is 24.3 Å². The van der Waals surface area contributed by atoms with E-state index in [0.717, 1.165) is 29.0 Å². The van der Waals surface area contributed by atoms with Gasteiger partial charge in [-0.25, -0.2) is 13.8 Å². The van der Waals surface area contributed by atoms with Gasteiger partial charge in [-0.05, 0) is 43.7 Å². The average molecular weight is 523 g/mol. The number of aromatic nitrogens is 2. The van der Waals surface area contributed by atoms with Crippen molar-refractivity contribution in [2.45, 2.75) is 32.3 Å². The van der Waals surface area contributed by atoms with Crippen LogP contribution in [0.15, 0.2) is 60.8 Å². The van der Waals surface area contributed by atoms with E-state index in [4.69, 9.17) is 9.47 Å². The van der Waals surface area contributed by atoms with Crippen LogP contribution in [0.5, 0.6) is 11.5 Å². The van der Waals surface area contributed by atoms with E-state index in [0.29, 0.717) is 40.3 Å². The van der Waals surface area contributed by atoms with Gasteiger partial charge in [-0.15, -0.1) is 11.8 Å². The predicted octanol–water partition coefficient (Wildman–Crippen LogP) is 6.31. The molecular weight excluding hydrogens is 498 g/mol. The summed E-state index contributed by atoms with van der Waals surface area (Å²) in [5.74, 6) is -1.38. The normalized spacial score (nSPS) is 14.9. The molecule has 190 valence electrons. The molecule has 0 radical (unpaired) electrons. The lowest BCUT2D eigenvalue weighted by atomic mass is 9.97. The SMILES string of the molecule is CC(C)(CSC1Oc2c(cccc2OCc2ccc3cc(F)c(F)cc3n2)Cc2cccnc21)C(=O)O. The topological polar surface area (TPSA) is 81.5 Å². The number of halogens is 2. The second kappa shape index (κ2) is 9.97. The Labute approximate surface area is 216 Å². The Morgan fingerprint density at radius 2 is 1.92 bits per heavy atom. The number of ether oxygens (including phenoxy) is 2. The van der Waals surface area contributed by atoms with E-state index < -0.39 is 28.5 Å². The summed E-state index contributed by atoms with van der Waals surface area (Å²) in [6.07, 6.45) is 2.28. The van der Waals surface area contributed by atoms with Crippen molar-refractivity contribution in [2.75, 3.05) is 5.75 Å². The molecule has 4 aromatic rings. The number of aliphatic carboxylic acids is 1. The molecule has 1 aliphatic rings. The van der Waals surface area contributed by atoms with Gasteiger partial charge >= 0.3 is 5.97 Å². The Bertz CT molecular complexity index is 1490. The van der Waals surface area contributed by atoms with E-state index in [-0.39, 0.29) is 6.61 Å². The van der Waals surface area contributed by atoms with Gasteiger partial charge in [0.1, 0.15) is 6.61 Å². The van der Waals surface area contributed by atoms with E-state index in [1.807, 2.05) is 24.3 Å². The van der Waals surface area contributed by atoms with Crippen molar-refractivity contribution in [3.05, 3.63) is 94.9 Å². The van der Waals surface area contributed by atoms with Crippen LogP contribution in [-0.4, -0.2) is 26.8 Å². The van der Waals surface area contributed by atoms with Gasteiger partial charge in [0.2, 0.25) is 0 Å². The number of carboxylic acids is 1. The molecule has 0 amide bonds. The summed E-state index contributed by atoms with van der Waals surface area (Å²) >= 11 is 1.38. The van der Waals surface area contributed by atoms with Crippen LogP contribution < -0.4 is 9.47 Å². The maximum atomic E-state index is 13.7. The highest BCUT2D eigenvalue weighted by atomic mass is 32.2. The fourth-order valence-electron chi connectivity index (χ4n) is 3.98. The highest BCUT2D eigenvalue weighted by Gasteiger charge is 2.32. The Hall–Kier alpha value is -3.72. The van der Waals surface area contributed by atoms with Crippen molar-refractivity contribution < 1.29 is 28.2 Å². The zero-order valence-corrected chi connectivity index (χ0v) is 21.0. The molecule has 0 bridgehead atoms. The third-order valence-electron chi connectivity index (χ3n) is 6.15. The van der Waals surface area contributed by atoms with Gasteiger partial charge < -0.3 is 14.6 Å². The minimum Gasteiger partial charge on any atom is -0.483 e. The van der Waals surface area contributed by atoms with Crippen LogP contribution in [0.2, 0.25) is 0 Å². The number of carbonyl (C=O) groups is 1. The van der Waals surface area contributed by atoms with Crippen LogP contribution in [0.25, 0.3) is 10.9 Å². The number of thioether (sulfide) groups is 1. The van der Waals surface area contributed by atoms with Crippen molar-refractivity contribution in [1.82, 2.24) is 9.97 Å². The Morgan fingerprint density at radius 3 is 2.73 bits per heavy atom. The summed E-state index contributed by atoms with van der Waals surface area (Å²) in [5, 5.41) is 10.1. The largest absolute Gasteiger partial charge is 0.483 e. The van der Waals surface area contributed by atoms with Crippen LogP contribution in [-0.2, 0) is 17.8 Å². The minimum absolute atomic E-state index is 0.0871. The van der Waals surface area contributed by atoms with Crippen LogP contribution >= 0.6 is 11.8 Å². The molecule has 1 atom stereocenters. The fraction of sp³-hybridized carbons (Fsp3) is 0.250. The van der Waals surface area contributed by atoms with Crippen molar-refractivity contribution in [2.24, 2.45) is 5.41 Å². The number of rotatable bonds is 7. The molecule has 1 aliphatic heterocycles. The second-order valence-electron chi connectivity index (χ2n) is 9.47. The molecule has 0 spiro atoms. The number of pyridine rings is 2. The first kappa shape index (κ1) is 25.0. The van der Waals surface area contributed by atoms with Gasteiger partial charge in [-0.2, -0.15) is 0 Å². The summed E-state index contributed by atoms with van der Waals surface area (Å²) in [5.41, 5.74) is 2.06. The van der Waals surface area contributed by atoms with Crippen molar-refractivity contribution in [3.63, 3.8) is 0 Å². The highest BCUT2D eigenvalue weighted by Crippen LogP contribution is 2.44. The number of nitrogens with zero attached hydrogens (tertiary/aromatic N) is 2. The zero-order chi connectivity index (χ0) is 26.2. The smallest absolute Gasteiger partial charge is 0.309 e. The summed E-state index contributed by atoms with van der Waals surface area (Å²) in [7, 11) is 0. The predicted molar refractivity (Wildman–Crippen MR) is 137 cm³/mol. The summed E-state index contributed by atoms with van der Waals surface area (Å²) in [4.78, 5) is 20.6. The highest BCUT2D eigenvalue weighted by molar-refractivity contribution is 7.99. The van der Waals surface area contributed by atoms with E-state index >= 15 is 0 Å². The number of para-hydroxylation sites is 1. The number of fused-ring (bicyclic) bond motifs is 3. The molecule has 2 aromatic heterocycles. The quantitative estimate of drug-likeness (QED) is 0.304. The first-order valence-corrected chi connectivity index (χ1v) is 12.7. The molecule has 0 saturated heterocycles. The van der Waals surface area contributed by atoms with Crippen molar-refractivity contribution in [3.8, 4) is 11.5 Å². The van der Waals surface area contributed by atoms with Gasteiger partial charge in [0.25, 0.3) is 0 Å². The van der Waals surface area contributed by atoms with Crippen molar-refractivity contribution >= 4 is 28.6 Å². The summed E-state index contributed by atoms with van der Waals surface area (Å²) in [6, 6.07) is 15.0. The standard InChI is InChI=1S/C28H24F2N2O4S/c1-28(2,27(33)34)15-37-26-24-17(6-4-10-31-24)11-18-5-3-7-23(25(18)36-26)35-14-19-9-8-16-12-20(29)21(30)13-22(16)32-19/h3-10,12-13,26H,11,14-15H2,1-2H3,(H,33,34). The van der Waals surface area contributed by atoms with Crippen LogP contribution in [0.1, 0.15) is 41.8 Å². The average Bonchev–Trinajstić information content (AvgIpc) is 3.03. The molecule has 9 heteroatoms. The molecule has 0 saturated carbocycles. The van der Waals surface area contributed by atoms with Gasteiger partial charge in [0.15, 0.2) is 28.6 Å². The maximum absolute atomic E-state index is 13.7. The summed E-state index contributed by atoms with van der Waals surface area (Å²) < 4.78 is 39.8. The third-order valence-corrected chi connectivity index (χ3v) is 7.67. The lowest BCUT2D eigenvalue weighted by molar-refractivity contribution is -0.145. The molecule has 5 rings (SSSR count). The number of hydrogen-bond donors (Lipinski definition) is 1. The molecule has 1 N–H and O–H groups in total. The van der Waals surface area contributed by atoms with E-state index in [1.165, 1.54) is 11.8 Å². The van der Waals surface area contributed by atoms with Crippen LogP contribution in [0.3, 0.4) is 0 Å². The van der Waals surface area contributed by atoms with Gasteiger partial charge in [-0.3, -0.25) is 9.78 Å². The number of hydrogen-bond acceptors (Lipinski definition) is 6. The monoisotopic (exact) mass is 522 g/mol. The van der Waals surface area contributed by atoms with Gasteiger partial charge in [0.05, 0.1) is 22.3 Å². The van der Waals surface area contributed by atoms with E-state index in [2.05, 4.69) is 9.97 Å². The molecule has 2 aromatic carbocycles. The maximum Gasteiger partial charge on any atom is 0.309 e. The van der Waals surface area contributed by atoms with Crippen LogP contribution in [0, 0.1) is 17.0 Å². The van der Waals surface area contributed by atoms with Gasteiger partial charge in [0, 0.05) is 35.4 Å². The van der Waals surface area contributed by atoms with Crippen molar-refractivity contribution in [1.29, 1.82) is 0 Å². The second-order valence-corrected chi connectivity index (χ2v) is 10.5. The molecule has 1 unspecified atom stereocenters. The third kappa shape index (κ3) is 5.22. The molecule has 6 nitrogen and oxygen atoms in total. The van der Waals surface area contributed by atoms with Crippen LogP contribution in [0.4, 0.5) is 8.78 Å². The molecule has 0 aliphatic carbocycles. The zero-order valence-electron chi connectivity index (χ0n) is 20.2. The molecule has 3 heterocycles. The van der Waals surface area contributed by atoms with E-state index in [9.17, 15) is 18.7 Å². The molecule has 0 fully saturated rings. The lowest BCUT2D eigenvalue weighted by Crippen LogP contribution is -2.27. The molecular formula is C28H24F2N2O4S. The first-order valence-electron chi connectivity index (χ1n) is 11.7.